The minimum atomic E-state index is 0.456. The summed E-state index contributed by atoms with van der Waals surface area (Å²) >= 11 is 0. The van der Waals surface area contributed by atoms with E-state index in [1.54, 1.807) is 0 Å². The Balaban J connectivity index is 1.84. The van der Waals surface area contributed by atoms with E-state index in [1.807, 2.05) is 0 Å². The molecule has 2 unspecified atom stereocenters. The van der Waals surface area contributed by atoms with Gasteiger partial charge in [-0.3, -0.25) is 0 Å². The van der Waals surface area contributed by atoms with Crippen molar-refractivity contribution < 1.29 is 0 Å². The summed E-state index contributed by atoms with van der Waals surface area (Å²) in [5.74, 6) is 1.37. The lowest BCUT2D eigenvalue weighted by molar-refractivity contribution is 0.539. The number of anilines is 5. The molecule has 0 aliphatic rings. The van der Waals surface area contributed by atoms with Gasteiger partial charge in [0.15, 0.2) is 0 Å². The lowest BCUT2D eigenvalue weighted by Gasteiger charge is -2.27. The Morgan fingerprint density at radius 3 is 1.18 bits per heavy atom. The number of nitrogens with one attached hydrogen (secondary N) is 2. The Morgan fingerprint density at radius 2 is 0.853 bits per heavy atom. The molecule has 3 heteroatoms. The van der Waals surface area contributed by atoms with Crippen LogP contribution in [0, 0.1) is 18.8 Å². The molecular formula is C31H43N3. The van der Waals surface area contributed by atoms with Crippen molar-refractivity contribution in [2.45, 2.75) is 73.4 Å². The van der Waals surface area contributed by atoms with Gasteiger partial charge >= 0.3 is 0 Å². The number of nitrogens with zero attached hydrogens (tertiary/aromatic N) is 1. The molecular weight excluding hydrogens is 414 g/mol. The van der Waals surface area contributed by atoms with Crippen LogP contribution in [0.2, 0.25) is 0 Å². The predicted molar refractivity (Wildman–Crippen MR) is 151 cm³/mol. The molecule has 2 N–H and O–H groups in total. The van der Waals surface area contributed by atoms with E-state index >= 15 is 0 Å². The molecule has 3 aromatic carbocycles. The summed E-state index contributed by atoms with van der Waals surface area (Å²) in [7, 11) is 0. The van der Waals surface area contributed by atoms with Crippen LogP contribution in [-0.2, 0) is 0 Å². The summed E-state index contributed by atoms with van der Waals surface area (Å²) in [6, 6.07) is 27.3. The lowest BCUT2D eigenvalue weighted by Crippen LogP contribution is -2.17. The second kappa shape index (κ2) is 12.0. The van der Waals surface area contributed by atoms with Crippen molar-refractivity contribution in [2.75, 3.05) is 15.5 Å². The third-order valence-corrected chi connectivity index (χ3v) is 6.02. The van der Waals surface area contributed by atoms with Gasteiger partial charge in [0.2, 0.25) is 0 Å². The highest BCUT2D eigenvalue weighted by Crippen LogP contribution is 2.36. The molecule has 2 atom stereocenters. The zero-order valence-electron chi connectivity index (χ0n) is 22.1. The number of hydrogen-bond donors (Lipinski definition) is 2. The summed E-state index contributed by atoms with van der Waals surface area (Å²) in [5, 5.41) is 7.28. The molecule has 3 nitrogen and oxygen atoms in total. The summed E-state index contributed by atoms with van der Waals surface area (Å²) in [4.78, 5) is 2.32. The smallest absolute Gasteiger partial charge is 0.0463 e. The molecule has 0 radical (unpaired) electrons. The SMILES string of the molecule is Cc1ccc(N(c2ccc(NC(C)CC(C)C)cc2)c2ccc(NC(C)CC(C)C)cc2)cc1. The molecule has 0 bridgehead atoms. The maximum absolute atomic E-state index is 3.64. The van der Waals surface area contributed by atoms with Crippen molar-refractivity contribution >= 4 is 28.4 Å². The van der Waals surface area contributed by atoms with Gasteiger partial charge in [-0.15, -0.1) is 0 Å². The number of rotatable bonds is 11. The Labute approximate surface area is 207 Å². The molecule has 0 saturated heterocycles. The van der Waals surface area contributed by atoms with Crippen molar-refractivity contribution in [1.29, 1.82) is 0 Å². The van der Waals surface area contributed by atoms with Crippen molar-refractivity contribution in [2.24, 2.45) is 11.8 Å². The molecule has 3 rings (SSSR count). The van der Waals surface area contributed by atoms with E-state index in [4.69, 9.17) is 0 Å². The number of benzene rings is 3. The highest BCUT2D eigenvalue weighted by molar-refractivity contribution is 5.78. The van der Waals surface area contributed by atoms with Gasteiger partial charge in [0.05, 0.1) is 0 Å². The molecule has 182 valence electrons. The minimum Gasteiger partial charge on any atom is -0.383 e. The van der Waals surface area contributed by atoms with E-state index in [-0.39, 0.29) is 0 Å². The molecule has 0 aromatic heterocycles. The molecule has 0 aliphatic carbocycles. The minimum absolute atomic E-state index is 0.456. The maximum atomic E-state index is 3.64. The monoisotopic (exact) mass is 457 g/mol. The van der Waals surface area contributed by atoms with Crippen molar-refractivity contribution in [3.63, 3.8) is 0 Å². The van der Waals surface area contributed by atoms with Gasteiger partial charge in [0.1, 0.15) is 0 Å². The van der Waals surface area contributed by atoms with E-state index in [0.29, 0.717) is 23.9 Å². The van der Waals surface area contributed by atoms with Crippen LogP contribution in [0.25, 0.3) is 0 Å². The fourth-order valence-corrected chi connectivity index (χ4v) is 4.66. The van der Waals surface area contributed by atoms with E-state index in [2.05, 4.69) is 137 Å². The molecule has 0 saturated carbocycles. The first-order valence-corrected chi connectivity index (χ1v) is 12.8. The van der Waals surface area contributed by atoms with E-state index < -0.39 is 0 Å². The van der Waals surface area contributed by atoms with Gasteiger partial charge in [-0.2, -0.15) is 0 Å². The van der Waals surface area contributed by atoms with Crippen LogP contribution in [0.1, 0.15) is 59.9 Å². The van der Waals surface area contributed by atoms with E-state index in [9.17, 15) is 0 Å². The standard InChI is InChI=1S/C31H43N3/c1-22(2)20-25(6)32-27-10-16-30(17-11-27)34(29-14-8-24(5)9-15-29)31-18-12-28(13-19-31)33-26(7)21-23(3)4/h8-19,22-23,25-26,32-33H,20-21H2,1-7H3. The normalized spacial score (nSPS) is 13.1. The topological polar surface area (TPSA) is 27.3 Å². The van der Waals surface area contributed by atoms with Crippen LogP contribution in [0.3, 0.4) is 0 Å². The van der Waals surface area contributed by atoms with Crippen LogP contribution in [0.5, 0.6) is 0 Å². The van der Waals surface area contributed by atoms with E-state index in [1.165, 1.54) is 16.9 Å². The Morgan fingerprint density at radius 1 is 0.529 bits per heavy atom. The average Bonchev–Trinajstić information content (AvgIpc) is 2.76. The van der Waals surface area contributed by atoms with Crippen LogP contribution in [0.15, 0.2) is 72.8 Å². The zero-order chi connectivity index (χ0) is 24.7. The highest BCUT2D eigenvalue weighted by Gasteiger charge is 2.14. The maximum Gasteiger partial charge on any atom is 0.0463 e. The number of aryl methyl sites for hydroxylation is 1. The van der Waals surface area contributed by atoms with Gasteiger partial charge in [-0.05, 0) is 106 Å². The second-order valence-electron chi connectivity index (χ2n) is 10.6. The quantitative estimate of drug-likeness (QED) is 0.300. The first-order chi connectivity index (χ1) is 16.2. The van der Waals surface area contributed by atoms with Gasteiger partial charge in [-0.1, -0.05) is 45.4 Å². The van der Waals surface area contributed by atoms with Gasteiger partial charge < -0.3 is 15.5 Å². The Hall–Kier alpha value is -2.94. The highest BCUT2D eigenvalue weighted by atomic mass is 15.1. The van der Waals surface area contributed by atoms with Crippen molar-refractivity contribution in [1.82, 2.24) is 0 Å². The Kier molecular flexibility index (Phi) is 9.04. The third kappa shape index (κ3) is 7.55. The molecule has 3 aromatic rings. The predicted octanol–water partition coefficient (Wildman–Crippen LogP) is 9.16. The Bertz CT molecular complexity index is 927. The molecule has 0 aliphatic heterocycles. The van der Waals surface area contributed by atoms with Crippen molar-refractivity contribution in [3.05, 3.63) is 78.4 Å². The van der Waals surface area contributed by atoms with Gasteiger partial charge in [0, 0.05) is 40.5 Å². The second-order valence-corrected chi connectivity index (χ2v) is 10.6. The van der Waals surface area contributed by atoms with Crippen molar-refractivity contribution in [3.8, 4) is 0 Å². The van der Waals surface area contributed by atoms with Crippen LogP contribution in [-0.4, -0.2) is 12.1 Å². The first kappa shape index (κ1) is 25.7. The van der Waals surface area contributed by atoms with Crippen LogP contribution >= 0.6 is 0 Å². The zero-order valence-corrected chi connectivity index (χ0v) is 22.1. The molecule has 0 spiro atoms. The summed E-state index contributed by atoms with van der Waals surface area (Å²) < 4.78 is 0. The molecule has 0 amide bonds. The van der Waals surface area contributed by atoms with E-state index in [0.717, 1.165) is 29.9 Å². The number of hydrogen-bond acceptors (Lipinski definition) is 3. The summed E-state index contributed by atoms with van der Waals surface area (Å²) in [5.41, 5.74) is 7.06. The lowest BCUT2D eigenvalue weighted by atomic mass is 10.0. The average molecular weight is 458 g/mol. The van der Waals surface area contributed by atoms with Crippen LogP contribution in [0.4, 0.5) is 28.4 Å². The first-order valence-electron chi connectivity index (χ1n) is 12.8. The molecule has 34 heavy (non-hydrogen) atoms. The van der Waals surface area contributed by atoms with Gasteiger partial charge in [0.25, 0.3) is 0 Å². The van der Waals surface area contributed by atoms with Gasteiger partial charge in [-0.25, -0.2) is 0 Å². The van der Waals surface area contributed by atoms with Crippen LogP contribution < -0.4 is 15.5 Å². The fraction of sp³-hybridized carbons (Fsp3) is 0.419. The largest absolute Gasteiger partial charge is 0.383 e. The molecule has 0 fully saturated rings. The summed E-state index contributed by atoms with van der Waals surface area (Å²) in [6.45, 7) is 15.7. The third-order valence-electron chi connectivity index (χ3n) is 6.02. The summed E-state index contributed by atoms with van der Waals surface area (Å²) in [6.07, 6.45) is 2.32. The fourth-order valence-electron chi connectivity index (χ4n) is 4.66. The molecule has 0 heterocycles.